The van der Waals surface area contributed by atoms with Crippen molar-refractivity contribution in [3.05, 3.63) is 34.3 Å². The maximum absolute atomic E-state index is 12.2. The molecule has 2 amide bonds. The molecule has 1 aliphatic rings. The molecule has 1 aromatic carbocycles. The highest BCUT2D eigenvalue weighted by molar-refractivity contribution is 7.15. The Morgan fingerprint density at radius 3 is 2.88 bits per heavy atom. The molecule has 0 bridgehead atoms. The quantitative estimate of drug-likeness (QED) is 0.815. The Hall–Kier alpha value is -2.65. The molecule has 9 heteroatoms. The van der Waals surface area contributed by atoms with Crippen LogP contribution < -0.4 is 10.2 Å². The van der Waals surface area contributed by atoms with E-state index in [2.05, 4.69) is 15.5 Å². The fourth-order valence-electron chi connectivity index (χ4n) is 2.36. The van der Waals surface area contributed by atoms with E-state index in [1.807, 2.05) is 6.92 Å². The minimum Gasteiger partial charge on any atom is -0.377 e. The number of carbonyl (C=O) groups excluding carboxylic acids is 3. The summed E-state index contributed by atoms with van der Waals surface area (Å²) < 4.78 is 4.93. The van der Waals surface area contributed by atoms with Gasteiger partial charge in [-0.3, -0.25) is 24.6 Å². The van der Waals surface area contributed by atoms with Crippen molar-refractivity contribution in [1.82, 2.24) is 10.2 Å². The lowest BCUT2D eigenvalue weighted by atomic mass is 10.1. The molecule has 0 atom stereocenters. The Bertz CT molecular complexity index is 833. The molecule has 0 aliphatic carbocycles. The first-order chi connectivity index (χ1) is 11.5. The summed E-state index contributed by atoms with van der Waals surface area (Å²) in [5.41, 5.74) is 1.65. The molecule has 8 nitrogen and oxygen atoms in total. The van der Waals surface area contributed by atoms with E-state index < -0.39 is 17.6 Å². The molecule has 0 radical (unpaired) electrons. The number of ketones is 1. The molecule has 0 fully saturated rings. The molecular formula is C15H14N4O4S. The lowest BCUT2D eigenvalue weighted by Gasteiger charge is -2.15. The van der Waals surface area contributed by atoms with Crippen LogP contribution in [0.3, 0.4) is 0 Å². The van der Waals surface area contributed by atoms with Crippen molar-refractivity contribution in [3.8, 4) is 0 Å². The van der Waals surface area contributed by atoms with Gasteiger partial charge >= 0.3 is 0 Å². The topological polar surface area (TPSA) is 101 Å². The summed E-state index contributed by atoms with van der Waals surface area (Å²) in [5.74, 6) is -1.76. The standard InChI is InChI=1S/C15H14N4O4S/c1-8-3-4-10-9(5-8)13(21)14(22)19(10)6-11(20)16-15-18-17-12(24-15)7-23-2/h3-5H,6-7H2,1-2H3,(H,16,18,20). The van der Waals surface area contributed by atoms with E-state index in [9.17, 15) is 14.4 Å². The van der Waals surface area contributed by atoms with E-state index in [1.54, 1.807) is 18.2 Å². The number of anilines is 2. The van der Waals surface area contributed by atoms with Gasteiger partial charge in [-0.25, -0.2) is 0 Å². The first-order valence-corrected chi connectivity index (χ1v) is 7.89. The zero-order chi connectivity index (χ0) is 17.3. The van der Waals surface area contributed by atoms with Gasteiger partial charge in [-0.1, -0.05) is 23.0 Å². The van der Waals surface area contributed by atoms with Gasteiger partial charge in [0.1, 0.15) is 18.2 Å². The van der Waals surface area contributed by atoms with E-state index in [0.29, 0.717) is 28.0 Å². The lowest BCUT2D eigenvalue weighted by Crippen LogP contribution is -2.37. The fraction of sp³-hybridized carbons (Fsp3) is 0.267. The van der Waals surface area contributed by atoms with Gasteiger partial charge in [0.05, 0.1) is 11.3 Å². The first-order valence-electron chi connectivity index (χ1n) is 7.07. The van der Waals surface area contributed by atoms with Crippen molar-refractivity contribution in [2.75, 3.05) is 23.9 Å². The van der Waals surface area contributed by atoms with Crippen LogP contribution in [-0.2, 0) is 20.9 Å². The highest BCUT2D eigenvalue weighted by atomic mass is 32.1. The van der Waals surface area contributed by atoms with Gasteiger partial charge in [0, 0.05) is 7.11 Å². The third-order valence-electron chi connectivity index (χ3n) is 3.41. The molecule has 1 aromatic heterocycles. The van der Waals surface area contributed by atoms with Crippen molar-refractivity contribution >= 4 is 39.8 Å². The number of aryl methyl sites for hydroxylation is 1. The molecule has 1 aliphatic heterocycles. The monoisotopic (exact) mass is 346 g/mol. The maximum atomic E-state index is 12.2. The molecule has 124 valence electrons. The van der Waals surface area contributed by atoms with Crippen LogP contribution in [-0.4, -0.2) is 41.4 Å². The number of ether oxygens (including phenoxy) is 1. The van der Waals surface area contributed by atoms with Crippen LogP contribution in [0.15, 0.2) is 18.2 Å². The van der Waals surface area contributed by atoms with Crippen LogP contribution in [0.5, 0.6) is 0 Å². The number of Topliss-reactive ketones (excluding diaryl/α,β-unsaturated/α-hetero) is 1. The number of fused-ring (bicyclic) bond motifs is 1. The molecule has 0 unspecified atom stereocenters. The second kappa shape index (κ2) is 6.46. The summed E-state index contributed by atoms with van der Waals surface area (Å²) in [6.07, 6.45) is 0. The third-order valence-corrected chi connectivity index (χ3v) is 4.22. The average molecular weight is 346 g/mol. The summed E-state index contributed by atoms with van der Waals surface area (Å²) in [5, 5.41) is 11.2. The summed E-state index contributed by atoms with van der Waals surface area (Å²) in [4.78, 5) is 37.4. The average Bonchev–Trinajstić information content (AvgIpc) is 3.06. The number of nitrogens with zero attached hydrogens (tertiary/aromatic N) is 3. The largest absolute Gasteiger partial charge is 0.377 e. The minimum absolute atomic E-state index is 0.264. The van der Waals surface area contributed by atoms with Gasteiger partial charge in [-0.05, 0) is 19.1 Å². The van der Waals surface area contributed by atoms with Crippen molar-refractivity contribution in [2.45, 2.75) is 13.5 Å². The number of methoxy groups -OCH3 is 1. The van der Waals surface area contributed by atoms with Crippen molar-refractivity contribution < 1.29 is 19.1 Å². The van der Waals surface area contributed by atoms with Crippen molar-refractivity contribution in [3.63, 3.8) is 0 Å². The summed E-state index contributed by atoms with van der Waals surface area (Å²) >= 11 is 1.18. The molecule has 0 spiro atoms. The van der Waals surface area contributed by atoms with Gasteiger partial charge in [0.2, 0.25) is 11.0 Å². The zero-order valence-corrected chi connectivity index (χ0v) is 13.8. The Labute approximate surface area is 141 Å². The van der Waals surface area contributed by atoms with E-state index in [4.69, 9.17) is 4.74 Å². The number of carbonyl (C=O) groups is 3. The number of amides is 2. The van der Waals surface area contributed by atoms with Gasteiger partial charge in [-0.2, -0.15) is 0 Å². The number of nitrogens with one attached hydrogen (secondary N) is 1. The number of rotatable bonds is 5. The van der Waals surface area contributed by atoms with Crippen LogP contribution in [0.2, 0.25) is 0 Å². The lowest BCUT2D eigenvalue weighted by molar-refractivity contribution is -0.118. The highest BCUT2D eigenvalue weighted by Crippen LogP contribution is 2.29. The summed E-state index contributed by atoms with van der Waals surface area (Å²) in [6.45, 7) is 1.87. The van der Waals surface area contributed by atoms with E-state index in [-0.39, 0.29) is 6.54 Å². The highest BCUT2D eigenvalue weighted by Gasteiger charge is 2.36. The Balaban J connectivity index is 1.72. The Morgan fingerprint density at radius 1 is 1.33 bits per heavy atom. The molecule has 3 rings (SSSR count). The van der Waals surface area contributed by atoms with Crippen LogP contribution in [0, 0.1) is 6.92 Å². The second-order valence-electron chi connectivity index (χ2n) is 5.22. The molecule has 0 saturated heterocycles. The number of hydrogen-bond acceptors (Lipinski definition) is 7. The van der Waals surface area contributed by atoms with Crippen molar-refractivity contribution in [1.29, 1.82) is 0 Å². The Kier molecular flexibility index (Phi) is 4.36. The van der Waals surface area contributed by atoms with Crippen LogP contribution in [0.25, 0.3) is 0 Å². The molecule has 0 saturated carbocycles. The predicted molar refractivity (Wildman–Crippen MR) is 87.1 cm³/mol. The second-order valence-corrected chi connectivity index (χ2v) is 6.29. The van der Waals surface area contributed by atoms with Gasteiger partial charge in [0.25, 0.3) is 11.7 Å². The number of aromatic nitrogens is 2. The smallest absolute Gasteiger partial charge is 0.299 e. The minimum atomic E-state index is -0.705. The van der Waals surface area contributed by atoms with Gasteiger partial charge in [0.15, 0.2) is 0 Å². The fourth-order valence-corrected chi connectivity index (χ4v) is 3.09. The molecule has 1 N–H and O–H groups in total. The van der Waals surface area contributed by atoms with Crippen molar-refractivity contribution in [2.24, 2.45) is 0 Å². The van der Waals surface area contributed by atoms with Crippen LogP contribution in [0.4, 0.5) is 10.8 Å². The van der Waals surface area contributed by atoms with Gasteiger partial charge < -0.3 is 4.74 Å². The van der Waals surface area contributed by atoms with E-state index in [1.165, 1.54) is 23.3 Å². The van der Waals surface area contributed by atoms with Crippen LogP contribution in [0.1, 0.15) is 20.9 Å². The van der Waals surface area contributed by atoms with Crippen LogP contribution >= 0.6 is 11.3 Å². The van der Waals surface area contributed by atoms with E-state index in [0.717, 1.165) is 5.56 Å². The van der Waals surface area contributed by atoms with Gasteiger partial charge in [-0.15, -0.1) is 10.2 Å². The third kappa shape index (κ3) is 3.03. The Morgan fingerprint density at radius 2 is 2.12 bits per heavy atom. The molecular weight excluding hydrogens is 332 g/mol. The number of benzene rings is 1. The maximum Gasteiger partial charge on any atom is 0.299 e. The predicted octanol–water partition coefficient (Wildman–Crippen LogP) is 1.16. The van der Waals surface area contributed by atoms with E-state index >= 15 is 0 Å². The first kappa shape index (κ1) is 16.2. The normalized spacial score (nSPS) is 13.3. The summed E-state index contributed by atoms with van der Waals surface area (Å²) in [6, 6.07) is 5.11. The molecule has 2 aromatic rings. The number of hydrogen-bond donors (Lipinski definition) is 1. The zero-order valence-electron chi connectivity index (χ0n) is 13.0. The SMILES string of the molecule is COCc1nnc(NC(=O)CN2C(=O)C(=O)c3cc(C)ccc32)s1. The molecule has 24 heavy (non-hydrogen) atoms. The molecule has 2 heterocycles. The summed E-state index contributed by atoms with van der Waals surface area (Å²) in [7, 11) is 1.54.